The number of thioether (sulfide) groups is 1. The quantitative estimate of drug-likeness (QED) is 0.828. The van der Waals surface area contributed by atoms with Gasteiger partial charge in [0.15, 0.2) is 6.61 Å². The van der Waals surface area contributed by atoms with Gasteiger partial charge >= 0.3 is 6.03 Å². The lowest BCUT2D eigenvalue weighted by atomic mass is 10.2. The summed E-state index contributed by atoms with van der Waals surface area (Å²) in [5.74, 6) is 2.62. The maximum Gasteiger partial charge on any atom is 0.319 e. The van der Waals surface area contributed by atoms with E-state index in [1.165, 1.54) is 0 Å². The zero-order valence-corrected chi connectivity index (χ0v) is 14.8. The van der Waals surface area contributed by atoms with Crippen molar-refractivity contribution in [1.82, 2.24) is 10.2 Å². The molecular weight excluding hydrogens is 342 g/mol. The van der Waals surface area contributed by atoms with Crippen LogP contribution in [0.15, 0.2) is 24.3 Å². The first kappa shape index (κ1) is 17.9. The van der Waals surface area contributed by atoms with E-state index < -0.39 is 0 Å². The molecule has 0 aromatic heterocycles. The fraction of sp³-hybridized carbons (Fsp3) is 0.529. The van der Waals surface area contributed by atoms with Crippen molar-refractivity contribution in [2.24, 2.45) is 0 Å². The topological polar surface area (TPSA) is 79.9 Å². The minimum Gasteiger partial charge on any atom is -0.484 e. The first-order valence-electron chi connectivity index (χ1n) is 8.44. The highest BCUT2D eigenvalue weighted by Crippen LogP contribution is 2.18. The molecule has 0 radical (unpaired) electrons. The first-order valence-corrected chi connectivity index (χ1v) is 9.60. The van der Waals surface area contributed by atoms with Gasteiger partial charge in [0.2, 0.25) is 0 Å². The molecule has 0 bridgehead atoms. The molecule has 1 unspecified atom stereocenters. The number of carbonyl (C=O) groups is 2. The molecule has 2 heterocycles. The molecule has 0 aliphatic carbocycles. The Morgan fingerprint density at radius 2 is 2.00 bits per heavy atom. The number of benzene rings is 1. The molecule has 0 saturated carbocycles. The molecule has 3 rings (SSSR count). The Balaban J connectivity index is 1.41. The highest BCUT2D eigenvalue weighted by atomic mass is 32.2. The molecule has 7 nitrogen and oxygen atoms in total. The Morgan fingerprint density at radius 1 is 1.24 bits per heavy atom. The number of amides is 3. The number of anilines is 1. The second kappa shape index (κ2) is 8.96. The molecule has 8 heteroatoms. The summed E-state index contributed by atoms with van der Waals surface area (Å²) >= 11 is 1.85. The van der Waals surface area contributed by atoms with Gasteiger partial charge in [-0.3, -0.25) is 4.79 Å². The van der Waals surface area contributed by atoms with Crippen molar-refractivity contribution in [1.29, 1.82) is 0 Å². The van der Waals surface area contributed by atoms with Gasteiger partial charge in [0.05, 0.1) is 13.2 Å². The summed E-state index contributed by atoms with van der Waals surface area (Å²) in [6, 6.07) is 7.07. The fourth-order valence-electron chi connectivity index (χ4n) is 2.68. The predicted octanol–water partition coefficient (Wildman–Crippen LogP) is 1.55. The largest absolute Gasteiger partial charge is 0.484 e. The van der Waals surface area contributed by atoms with Gasteiger partial charge in [-0.15, -0.1) is 0 Å². The van der Waals surface area contributed by atoms with Crippen molar-refractivity contribution in [2.75, 3.05) is 49.7 Å². The molecule has 0 spiro atoms. The van der Waals surface area contributed by atoms with Crippen molar-refractivity contribution in [3.63, 3.8) is 0 Å². The van der Waals surface area contributed by atoms with E-state index in [0.717, 1.165) is 17.9 Å². The third-order valence-electron chi connectivity index (χ3n) is 4.10. The van der Waals surface area contributed by atoms with Gasteiger partial charge in [-0.2, -0.15) is 11.8 Å². The Hall–Kier alpha value is -1.93. The van der Waals surface area contributed by atoms with Crippen LogP contribution in [-0.2, 0) is 9.53 Å². The number of morpholine rings is 1. The zero-order valence-electron chi connectivity index (χ0n) is 14.0. The summed E-state index contributed by atoms with van der Waals surface area (Å²) in [7, 11) is 0. The lowest BCUT2D eigenvalue weighted by Gasteiger charge is -2.26. The highest BCUT2D eigenvalue weighted by molar-refractivity contribution is 7.99. The Morgan fingerprint density at radius 3 is 2.68 bits per heavy atom. The monoisotopic (exact) mass is 365 g/mol. The smallest absolute Gasteiger partial charge is 0.319 e. The minimum absolute atomic E-state index is 0.00656. The van der Waals surface area contributed by atoms with E-state index in [-0.39, 0.29) is 24.6 Å². The van der Waals surface area contributed by atoms with E-state index in [9.17, 15) is 9.59 Å². The number of rotatable bonds is 5. The lowest BCUT2D eigenvalue weighted by Crippen LogP contribution is -2.42. The van der Waals surface area contributed by atoms with Crippen molar-refractivity contribution < 1.29 is 19.1 Å². The van der Waals surface area contributed by atoms with Crippen LogP contribution in [0.25, 0.3) is 0 Å². The van der Waals surface area contributed by atoms with Crippen LogP contribution in [0.4, 0.5) is 10.5 Å². The number of carbonyl (C=O) groups excluding carboxylic acids is 2. The number of hydrogen-bond acceptors (Lipinski definition) is 5. The summed E-state index contributed by atoms with van der Waals surface area (Å²) in [5, 5.41) is 5.76. The van der Waals surface area contributed by atoms with E-state index in [2.05, 4.69) is 10.6 Å². The third kappa shape index (κ3) is 5.54. The van der Waals surface area contributed by atoms with Crippen LogP contribution in [0.5, 0.6) is 5.75 Å². The lowest BCUT2D eigenvalue weighted by molar-refractivity contribution is -0.137. The van der Waals surface area contributed by atoms with E-state index in [0.29, 0.717) is 37.7 Å². The molecule has 2 aliphatic heterocycles. The van der Waals surface area contributed by atoms with Crippen LogP contribution in [-0.4, -0.2) is 67.3 Å². The normalized spacial score (nSPS) is 20.2. The predicted molar refractivity (Wildman–Crippen MR) is 97.2 cm³/mol. The van der Waals surface area contributed by atoms with Crippen LogP contribution in [0.3, 0.4) is 0 Å². The van der Waals surface area contributed by atoms with Crippen LogP contribution in [0.1, 0.15) is 6.42 Å². The Kier molecular flexibility index (Phi) is 6.41. The van der Waals surface area contributed by atoms with Gasteiger partial charge in [0.25, 0.3) is 5.91 Å². The molecule has 2 fully saturated rings. The second-order valence-electron chi connectivity index (χ2n) is 5.97. The molecule has 2 N–H and O–H groups in total. The molecule has 136 valence electrons. The van der Waals surface area contributed by atoms with E-state index in [4.69, 9.17) is 9.47 Å². The average Bonchev–Trinajstić information content (AvgIpc) is 3.14. The zero-order chi connectivity index (χ0) is 17.5. The van der Waals surface area contributed by atoms with Gasteiger partial charge < -0.3 is 25.0 Å². The van der Waals surface area contributed by atoms with Crippen molar-refractivity contribution in [3.8, 4) is 5.75 Å². The summed E-state index contributed by atoms with van der Waals surface area (Å²) in [6.45, 7) is 2.38. The molecule has 1 aromatic carbocycles. The second-order valence-corrected chi connectivity index (χ2v) is 7.12. The first-order chi connectivity index (χ1) is 12.2. The third-order valence-corrected chi connectivity index (χ3v) is 5.27. The Labute approximate surface area is 151 Å². The van der Waals surface area contributed by atoms with E-state index in [1.54, 1.807) is 29.2 Å². The SMILES string of the molecule is O=C(Nc1ccc(OCC(=O)N2CCOCC2)cc1)NC1CCSC1. The number of urea groups is 1. The maximum atomic E-state index is 12.0. The maximum absolute atomic E-state index is 12.0. The van der Waals surface area contributed by atoms with Crippen LogP contribution < -0.4 is 15.4 Å². The Bertz CT molecular complexity index is 584. The number of hydrogen-bond donors (Lipinski definition) is 2. The molecule has 1 aromatic rings. The van der Waals surface area contributed by atoms with Gasteiger partial charge in [-0.25, -0.2) is 4.79 Å². The van der Waals surface area contributed by atoms with Crippen LogP contribution in [0, 0.1) is 0 Å². The molecule has 2 aliphatic rings. The van der Waals surface area contributed by atoms with E-state index in [1.807, 2.05) is 11.8 Å². The highest BCUT2D eigenvalue weighted by Gasteiger charge is 2.18. The number of nitrogens with one attached hydrogen (secondary N) is 2. The fourth-order valence-corrected chi connectivity index (χ4v) is 3.84. The molecular formula is C17H23N3O4S. The summed E-state index contributed by atoms with van der Waals surface area (Å²) in [6.07, 6.45) is 1.02. The van der Waals surface area contributed by atoms with Crippen LogP contribution in [0.2, 0.25) is 0 Å². The van der Waals surface area contributed by atoms with Crippen LogP contribution >= 0.6 is 11.8 Å². The molecule has 25 heavy (non-hydrogen) atoms. The van der Waals surface area contributed by atoms with Crippen molar-refractivity contribution in [2.45, 2.75) is 12.5 Å². The van der Waals surface area contributed by atoms with E-state index >= 15 is 0 Å². The number of nitrogens with zero attached hydrogens (tertiary/aromatic N) is 1. The standard InChI is InChI=1S/C17H23N3O4S/c21-16(20-6-8-23-9-7-20)11-24-15-3-1-13(2-4-15)18-17(22)19-14-5-10-25-12-14/h1-4,14H,5-12H2,(H2,18,19,22). The van der Waals surface area contributed by atoms with Crippen molar-refractivity contribution in [3.05, 3.63) is 24.3 Å². The summed E-state index contributed by atoms with van der Waals surface area (Å²) in [5.41, 5.74) is 0.690. The summed E-state index contributed by atoms with van der Waals surface area (Å²) in [4.78, 5) is 25.7. The van der Waals surface area contributed by atoms with Gasteiger partial charge in [0.1, 0.15) is 5.75 Å². The molecule has 1 atom stereocenters. The van der Waals surface area contributed by atoms with Gasteiger partial charge in [-0.1, -0.05) is 0 Å². The van der Waals surface area contributed by atoms with Gasteiger partial charge in [-0.05, 0) is 36.4 Å². The number of ether oxygens (including phenoxy) is 2. The van der Waals surface area contributed by atoms with Crippen molar-refractivity contribution >= 4 is 29.4 Å². The molecule has 3 amide bonds. The summed E-state index contributed by atoms with van der Waals surface area (Å²) < 4.78 is 10.7. The minimum atomic E-state index is -0.191. The average molecular weight is 365 g/mol. The van der Waals surface area contributed by atoms with Gasteiger partial charge in [0, 0.05) is 30.6 Å². The molecule has 2 saturated heterocycles.